The molecule has 5 nitrogen and oxygen atoms in total. The zero-order valence-electron chi connectivity index (χ0n) is 11.0. The van der Waals surface area contributed by atoms with Crippen LogP contribution in [0.4, 0.5) is 10.1 Å². The Bertz CT molecular complexity index is 533. The Morgan fingerprint density at radius 1 is 1.45 bits per heavy atom. The number of carboxylic acid groups (broad SMARTS) is 1. The highest BCUT2D eigenvalue weighted by Gasteiger charge is 2.25. The van der Waals surface area contributed by atoms with Crippen LogP contribution < -0.4 is 10.6 Å². The molecule has 108 valence electrons. The molecule has 1 fully saturated rings. The molecule has 3 N–H and O–H groups in total. The number of rotatable bonds is 5. The quantitative estimate of drug-likeness (QED) is 0.858. The van der Waals surface area contributed by atoms with Crippen molar-refractivity contribution >= 4 is 17.6 Å². The van der Waals surface area contributed by atoms with Gasteiger partial charge in [0.05, 0.1) is 5.69 Å². The largest absolute Gasteiger partial charge is 0.481 e. The number of nitrogens with two attached hydrogens (primary N) is 1. The van der Waals surface area contributed by atoms with Crippen LogP contribution in [0.3, 0.4) is 0 Å². The molecule has 0 bridgehead atoms. The van der Waals surface area contributed by atoms with Crippen LogP contribution in [0.1, 0.15) is 29.6 Å². The number of aliphatic carboxylic acids is 1. The molecular weight excluding hydrogens is 263 g/mol. The van der Waals surface area contributed by atoms with E-state index in [-0.39, 0.29) is 17.9 Å². The highest BCUT2D eigenvalue weighted by Crippen LogP contribution is 2.28. The van der Waals surface area contributed by atoms with E-state index in [1.54, 1.807) is 6.07 Å². The normalized spacial score (nSPS) is 18.2. The third-order valence-electron chi connectivity index (χ3n) is 3.63. The van der Waals surface area contributed by atoms with E-state index in [0.717, 1.165) is 12.5 Å². The topological polar surface area (TPSA) is 83.6 Å². The maximum absolute atomic E-state index is 14.0. The van der Waals surface area contributed by atoms with Crippen molar-refractivity contribution in [3.05, 3.63) is 29.6 Å². The Morgan fingerprint density at radius 2 is 2.20 bits per heavy atom. The summed E-state index contributed by atoms with van der Waals surface area (Å²) in [4.78, 5) is 23.4. The van der Waals surface area contributed by atoms with Gasteiger partial charge in [-0.1, -0.05) is 0 Å². The fourth-order valence-electron chi connectivity index (χ4n) is 2.53. The Balaban J connectivity index is 2.03. The smallest absolute Gasteiger partial charge is 0.303 e. The molecule has 1 unspecified atom stereocenters. The highest BCUT2D eigenvalue weighted by atomic mass is 19.1. The van der Waals surface area contributed by atoms with E-state index in [2.05, 4.69) is 0 Å². The van der Waals surface area contributed by atoms with Crippen molar-refractivity contribution in [3.63, 3.8) is 0 Å². The molecule has 0 spiro atoms. The minimum Gasteiger partial charge on any atom is -0.481 e. The van der Waals surface area contributed by atoms with E-state index in [0.29, 0.717) is 25.2 Å². The van der Waals surface area contributed by atoms with Crippen LogP contribution in [0.5, 0.6) is 0 Å². The fraction of sp³-hybridized carbons (Fsp3) is 0.429. The van der Waals surface area contributed by atoms with Crippen LogP contribution >= 0.6 is 0 Å². The summed E-state index contributed by atoms with van der Waals surface area (Å²) in [5.74, 6) is -1.67. The number of halogens is 1. The number of amides is 1. The van der Waals surface area contributed by atoms with E-state index in [1.165, 1.54) is 6.07 Å². The molecular formula is C14H17FN2O3. The van der Waals surface area contributed by atoms with E-state index in [1.807, 2.05) is 4.90 Å². The fourth-order valence-corrected chi connectivity index (χ4v) is 2.53. The van der Waals surface area contributed by atoms with Gasteiger partial charge in [0.1, 0.15) is 5.82 Å². The number of benzene rings is 1. The summed E-state index contributed by atoms with van der Waals surface area (Å²) in [5, 5.41) is 8.67. The molecule has 20 heavy (non-hydrogen) atoms. The average molecular weight is 280 g/mol. The molecule has 1 saturated heterocycles. The highest BCUT2D eigenvalue weighted by molar-refractivity contribution is 5.93. The zero-order chi connectivity index (χ0) is 14.7. The first-order chi connectivity index (χ1) is 9.47. The molecule has 0 saturated carbocycles. The first-order valence-corrected chi connectivity index (χ1v) is 6.53. The number of carbonyl (C=O) groups excluding carboxylic acids is 1. The third-order valence-corrected chi connectivity index (χ3v) is 3.63. The SMILES string of the molecule is NC(=O)c1ccc(N2CCC(CCC(=O)O)C2)c(F)c1. The van der Waals surface area contributed by atoms with Crippen LogP contribution in [0.15, 0.2) is 18.2 Å². The summed E-state index contributed by atoms with van der Waals surface area (Å²) >= 11 is 0. The summed E-state index contributed by atoms with van der Waals surface area (Å²) < 4.78 is 14.0. The summed E-state index contributed by atoms with van der Waals surface area (Å²) in [5.41, 5.74) is 5.69. The lowest BCUT2D eigenvalue weighted by Crippen LogP contribution is -2.21. The van der Waals surface area contributed by atoms with Crippen molar-refractivity contribution in [2.75, 3.05) is 18.0 Å². The first-order valence-electron chi connectivity index (χ1n) is 6.53. The molecule has 1 amide bonds. The second-order valence-corrected chi connectivity index (χ2v) is 5.06. The molecule has 1 aromatic rings. The minimum absolute atomic E-state index is 0.140. The van der Waals surface area contributed by atoms with Crippen molar-refractivity contribution in [3.8, 4) is 0 Å². The van der Waals surface area contributed by atoms with Crippen molar-refractivity contribution in [2.45, 2.75) is 19.3 Å². The summed E-state index contributed by atoms with van der Waals surface area (Å²) in [6.45, 7) is 1.33. The predicted octanol–water partition coefficient (Wildman–Crippen LogP) is 1.62. The molecule has 0 aromatic heterocycles. The van der Waals surface area contributed by atoms with Gasteiger partial charge in [-0.3, -0.25) is 9.59 Å². The van der Waals surface area contributed by atoms with Gasteiger partial charge in [0.2, 0.25) is 5.91 Å². The van der Waals surface area contributed by atoms with Gasteiger partial charge < -0.3 is 15.7 Å². The van der Waals surface area contributed by atoms with Gasteiger partial charge in [-0.05, 0) is 37.0 Å². The van der Waals surface area contributed by atoms with Crippen molar-refractivity contribution in [2.24, 2.45) is 11.7 Å². The van der Waals surface area contributed by atoms with Gasteiger partial charge in [-0.25, -0.2) is 4.39 Å². The second kappa shape index (κ2) is 5.90. The van der Waals surface area contributed by atoms with Crippen molar-refractivity contribution < 1.29 is 19.1 Å². The van der Waals surface area contributed by atoms with Crippen LogP contribution in [0.25, 0.3) is 0 Å². The number of hydrogen-bond donors (Lipinski definition) is 2. The van der Waals surface area contributed by atoms with E-state index in [9.17, 15) is 14.0 Å². The Morgan fingerprint density at radius 3 is 2.80 bits per heavy atom. The number of carboxylic acids is 1. The molecule has 0 aliphatic carbocycles. The Kier molecular flexibility index (Phi) is 4.22. The standard InChI is InChI=1S/C14H17FN2O3/c15-11-7-10(14(16)20)2-3-12(11)17-6-5-9(8-17)1-4-13(18)19/h2-3,7,9H,1,4-6,8H2,(H2,16,20)(H,18,19). The van der Waals surface area contributed by atoms with Crippen LogP contribution in [0, 0.1) is 11.7 Å². The molecule has 1 aliphatic heterocycles. The van der Waals surface area contributed by atoms with Crippen LogP contribution in [-0.4, -0.2) is 30.1 Å². The lowest BCUT2D eigenvalue weighted by Gasteiger charge is -2.19. The molecule has 0 radical (unpaired) electrons. The second-order valence-electron chi connectivity index (χ2n) is 5.06. The average Bonchev–Trinajstić information content (AvgIpc) is 2.84. The van der Waals surface area contributed by atoms with Gasteiger partial charge in [-0.2, -0.15) is 0 Å². The number of primary amides is 1. The Labute approximate surface area is 116 Å². The van der Waals surface area contributed by atoms with Gasteiger partial charge in [0.15, 0.2) is 0 Å². The van der Waals surface area contributed by atoms with Crippen molar-refractivity contribution in [1.82, 2.24) is 0 Å². The molecule has 1 atom stereocenters. The van der Waals surface area contributed by atoms with E-state index < -0.39 is 17.7 Å². The van der Waals surface area contributed by atoms with Crippen LogP contribution in [0.2, 0.25) is 0 Å². The van der Waals surface area contributed by atoms with Gasteiger partial charge in [0.25, 0.3) is 0 Å². The summed E-state index contributed by atoms with van der Waals surface area (Å²) in [7, 11) is 0. The zero-order valence-corrected chi connectivity index (χ0v) is 11.0. The Hall–Kier alpha value is -2.11. The van der Waals surface area contributed by atoms with E-state index in [4.69, 9.17) is 10.8 Å². The maximum Gasteiger partial charge on any atom is 0.303 e. The molecule has 1 heterocycles. The summed E-state index contributed by atoms with van der Waals surface area (Å²) in [6.07, 6.45) is 1.60. The molecule has 6 heteroatoms. The number of anilines is 1. The monoisotopic (exact) mass is 280 g/mol. The lowest BCUT2D eigenvalue weighted by molar-refractivity contribution is -0.137. The molecule has 2 rings (SSSR count). The number of nitrogens with zero attached hydrogens (tertiary/aromatic N) is 1. The maximum atomic E-state index is 14.0. The van der Waals surface area contributed by atoms with Crippen LogP contribution in [-0.2, 0) is 4.79 Å². The lowest BCUT2D eigenvalue weighted by atomic mass is 10.0. The van der Waals surface area contributed by atoms with Gasteiger partial charge >= 0.3 is 5.97 Å². The van der Waals surface area contributed by atoms with Gasteiger partial charge in [-0.15, -0.1) is 0 Å². The van der Waals surface area contributed by atoms with E-state index >= 15 is 0 Å². The third kappa shape index (κ3) is 3.26. The predicted molar refractivity (Wildman–Crippen MR) is 72.1 cm³/mol. The number of hydrogen-bond acceptors (Lipinski definition) is 3. The first kappa shape index (κ1) is 14.3. The number of carbonyl (C=O) groups is 2. The minimum atomic E-state index is -0.805. The van der Waals surface area contributed by atoms with Crippen molar-refractivity contribution in [1.29, 1.82) is 0 Å². The molecule has 1 aromatic carbocycles. The van der Waals surface area contributed by atoms with Gasteiger partial charge in [0, 0.05) is 25.1 Å². The summed E-state index contributed by atoms with van der Waals surface area (Å²) in [6, 6.07) is 4.20. The molecule has 1 aliphatic rings.